The van der Waals surface area contributed by atoms with Crippen molar-refractivity contribution in [2.45, 2.75) is 16.8 Å². The number of hydrogen-bond donors (Lipinski definition) is 1. The number of aromatic nitrogens is 1. The molecule has 0 bridgehead atoms. The number of nitrogens with one attached hydrogen (secondary N) is 1. The van der Waals surface area contributed by atoms with Gasteiger partial charge in [0.1, 0.15) is 0 Å². The molecule has 0 saturated heterocycles. The first-order valence-electron chi connectivity index (χ1n) is 6.18. The van der Waals surface area contributed by atoms with Gasteiger partial charge in [-0.1, -0.05) is 11.6 Å². The lowest BCUT2D eigenvalue weighted by Crippen LogP contribution is -2.21. The van der Waals surface area contributed by atoms with Crippen molar-refractivity contribution in [2.24, 2.45) is 0 Å². The quantitative estimate of drug-likeness (QED) is 0.843. The van der Waals surface area contributed by atoms with Gasteiger partial charge in [0.25, 0.3) is 11.8 Å². The summed E-state index contributed by atoms with van der Waals surface area (Å²) in [7, 11) is -4.04. The van der Waals surface area contributed by atoms with Crippen molar-refractivity contribution in [2.75, 3.05) is 0 Å². The third-order valence-corrected chi connectivity index (χ3v) is 5.14. The van der Waals surface area contributed by atoms with Crippen LogP contribution in [0.5, 0.6) is 0 Å². The zero-order valence-electron chi connectivity index (χ0n) is 11.3. The lowest BCUT2D eigenvalue weighted by atomic mass is 10.1. The Morgan fingerprint density at radius 2 is 1.73 bits per heavy atom. The number of halogens is 1. The van der Waals surface area contributed by atoms with Crippen LogP contribution in [-0.4, -0.2) is 25.2 Å². The standard InChI is InChI=1S/C14H9ClN2O4S/c1-7-6-10-11(13(19)17-12(10)18)14(16-7)22(20,21)9-4-2-8(15)3-5-9/h2-6H,1H3,(H,17,18,19). The lowest BCUT2D eigenvalue weighted by molar-refractivity contribution is 0.0878. The molecule has 1 aliphatic rings. The Kier molecular flexibility index (Phi) is 3.26. The van der Waals surface area contributed by atoms with E-state index in [0.29, 0.717) is 10.7 Å². The fourth-order valence-corrected chi connectivity index (χ4v) is 3.78. The molecule has 112 valence electrons. The number of fused-ring (bicyclic) bond motifs is 1. The van der Waals surface area contributed by atoms with Gasteiger partial charge in [0.2, 0.25) is 9.84 Å². The maximum Gasteiger partial charge on any atom is 0.261 e. The first-order chi connectivity index (χ1) is 10.3. The predicted molar refractivity (Wildman–Crippen MR) is 77.7 cm³/mol. The summed E-state index contributed by atoms with van der Waals surface area (Å²) in [6, 6.07) is 6.88. The van der Waals surface area contributed by atoms with Crippen molar-refractivity contribution in [1.29, 1.82) is 0 Å². The molecule has 6 nitrogen and oxygen atoms in total. The molecular weight excluding hydrogens is 328 g/mol. The molecule has 3 rings (SSSR count). The summed E-state index contributed by atoms with van der Waals surface area (Å²) < 4.78 is 25.4. The Morgan fingerprint density at radius 1 is 1.09 bits per heavy atom. The number of carbonyl (C=O) groups excluding carboxylic acids is 2. The molecule has 1 aromatic heterocycles. The van der Waals surface area contributed by atoms with E-state index in [1.165, 1.54) is 30.3 Å². The van der Waals surface area contributed by atoms with Crippen LogP contribution in [-0.2, 0) is 9.84 Å². The molecular formula is C14H9ClN2O4S. The molecule has 2 amide bonds. The second-order valence-electron chi connectivity index (χ2n) is 4.73. The highest BCUT2D eigenvalue weighted by Crippen LogP contribution is 2.28. The minimum Gasteiger partial charge on any atom is -0.288 e. The number of nitrogens with zero attached hydrogens (tertiary/aromatic N) is 1. The van der Waals surface area contributed by atoms with Gasteiger partial charge in [0.15, 0.2) is 5.03 Å². The van der Waals surface area contributed by atoms with Crippen LogP contribution in [0.25, 0.3) is 0 Å². The van der Waals surface area contributed by atoms with Crippen molar-refractivity contribution in [3.8, 4) is 0 Å². The van der Waals surface area contributed by atoms with Crippen LogP contribution >= 0.6 is 11.6 Å². The van der Waals surface area contributed by atoms with Gasteiger partial charge in [0, 0.05) is 10.7 Å². The van der Waals surface area contributed by atoms with E-state index in [1.807, 2.05) is 0 Å². The molecule has 0 aliphatic carbocycles. The summed E-state index contributed by atoms with van der Waals surface area (Å²) >= 11 is 5.75. The summed E-state index contributed by atoms with van der Waals surface area (Å²) in [5.74, 6) is -1.39. The fourth-order valence-electron chi connectivity index (χ4n) is 2.20. The minimum atomic E-state index is -4.04. The summed E-state index contributed by atoms with van der Waals surface area (Å²) in [6.07, 6.45) is 0. The Hall–Kier alpha value is -2.25. The number of rotatable bonds is 2. The Morgan fingerprint density at radius 3 is 2.36 bits per heavy atom. The number of imide groups is 1. The smallest absolute Gasteiger partial charge is 0.261 e. The molecule has 2 heterocycles. The number of amides is 2. The van der Waals surface area contributed by atoms with Gasteiger partial charge < -0.3 is 0 Å². The molecule has 0 unspecified atom stereocenters. The lowest BCUT2D eigenvalue weighted by Gasteiger charge is -2.08. The maximum atomic E-state index is 12.7. The van der Waals surface area contributed by atoms with Crippen LogP contribution in [0.4, 0.5) is 0 Å². The molecule has 22 heavy (non-hydrogen) atoms. The summed E-state index contributed by atoms with van der Waals surface area (Å²) in [5, 5.41) is 2.04. The monoisotopic (exact) mass is 336 g/mol. The Labute approximate surface area is 131 Å². The van der Waals surface area contributed by atoms with E-state index in [0.717, 1.165) is 0 Å². The van der Waals surface area contributed by atoms with Crippen LogP contribution in [0.1, 0.15) is 26.4 Å². The van der Waals surface area contributed by atoms with Crippen LogP contribution in [0.15, 0.2) is 40.3 Å². The van der Waals surface area contributed by atoms with Gasteiger partial charge in [0.05, 0.1) is 16.0 Å². The SMILES string of the molecule is Cc1cc2c(c(S(=O)(=O)c3ccc(Cl)cc3)n1)C(=O)NC2=O. The third-order valence-electron chi connectivity index (χ3n) is 3.19. The van der Waals surface area contributed by atoms with Gasteiger partial charge in [-0.3, -0.25) is 14.9 Å². The molecule has 8 heteroatoms. The molecule has 2 aromatic rings. The Balaban J connectivity index is 2.29. The van der Waals surface area contributed by atoms with Crippen LogP contribution < -0.4 is 5.32 Å². The molecule has 0 saturated carbocycles. The van der Waals surface area contributed by atoms with Gasteiger partial charge >= 0.3 is 0 Å². The number of aryl methyl sites for hydroxylation is 1. The molecule has 0 spiro atoms. The van der Waals surface area contributed by atoms with Crippen LogP contribution in [0.3, 0.4) is 0 Å². The minimum absolute atomic E-state index is 0.0186. The number of sulfone groups is 1. The molecule has 1 aromatic carbocycles. The molecule has 1 aliphatic heterocycles. The normalized spacial score (nSPS) is 13.9. The highest BCUT2D eigenvalue weighted by molar-refractivity contribution is 7.91. The van der Waals surface area contributed by atoms with Gasteiger partial charge in [-0.25, -0.2) is 13.4 Å². The average molecular weight is 337 g/mol. The fraction of sp³-hybridized carbons (Fsp3) is 0.0714. The predicted octanol–water partition coefficient (Wildman–Crippen LogP) is 1.76. The number of carbonyl (C=O) groups is 2. The summed E-state index contributed by atoms with van der Waals surface area (Å²) in [4.78, 5) is 27.5. The van der Waals surface area contributed by atoms with Gasteiger partial charge in [-0.15, -0.1) is 0 Å². The van der Waals surface area contributed by atoms with Crippen molar-refractivity contribution >= 4 is 33.3 Å². The number of pyridine rings is 1. The number of benzene rings is 1. The van der Waals surface area contributed by atoms with E-state index in [4.69, 9.17) is 11.6 Å². The van der Waals surface area contributed by atoms with Crippen molar-refractivity contribution < 1.29 is 18.0 Å². The largest absolute Gasteiger partial charge is 0.288 e. The second-order valence-corrected chi connectivity index (χ2v) is 7.03. The zero-order chi connectivity index (χ0) is 16.1. The average Bonchev–Trinajstić information content (AvgIpc) is 2.73. The van der Waals surface area contributed by atoms with Gasteiger partial charge in [-0.2, -0.15) is 0 Å². The van der Waals surface area contributed by atoms with Crippen molar-refractivity contribution in [3.63, 3.8) is 0 Å². The van der Waals surface area contributed by atoms with E-state index in [-0.39, 0.29) is 16.0 Å². The second kappa shape index (κ2) is 4.89. The van der Waals surface area contributed by atoms with E-state index in [1.54, 1.807) is 6.92 Å². The molecule has 0 atom stereocenters. The van der Waals surface area contributed by atoms with Crippen molar-refractivity contribution in [3.05, 3.63) is 52.2 Å². The number of hydrogen-bond acceptors (Lipinski definition) is 5. The topological polar surface area (TPSA) is 93.2 Å². The van der Waals surface area contributed by atoms with Crippen LogP contribution in [0, 0.1) is 6.92 Å². The first kappa shape index (κ1) is 14.7. The first-order valence-corrected chi connectivity index (χ1v) is 8.05. The molecule has 0 radical (unpaired) electrons. The van der Waals surface area contributed by atoms with E-state index in [9.17, 15) is 18.0 Å². The third kappa shape index (κ3) is 2.18. The van der Waals surface area contributed by atoms with Crippen molar-refractivity contribution in [1.82, 2.24) is 10.3 Å². The van der Waals surface area contributed by atoms with E-state index < -0.39 is 26.7 Å². The highest BCUT2D eigenvalue weighted by atomic mass is 35.5. The Bertz CT molecular complexity index is 921. The maximum absolute atomic E-state index is 12.7. The highest BCUT2D eigenvalue weighted by Gasteiger charge is 2.36. The van der Waals surface area contributed by atoms with Crippen LogP contribution in [0.2, 0.25) is 5.02 Å². The summed E-state index contributed by atoms with van der Waals surface area (Å²) in [6.45, 7) is 1.55. The zero-order valence-corrected chi connectivity index (χ0v) is 12.8. The molecule has 0 fully saturated rings. The van der Waals surface area contributed by atoms with Gasteiger partial charge in [-0.05, 0) is 37.3 Å². The molecule has 1 N–H and O–H groups in total. The summed E-state index contributed by atoms with van der Waals surface area (Å²) in [5.41, 5.74) is 0.131. The van der Waals surface area contributed by atoms with E-state index >= 15 is 0 Å². The van der Waals surface area contributed by atoms with E-state index in [2.05, 4.69) is 10.3 Å².